The van der Waals surface area contributed by atoms with E-state index in [4.69, 9.17) is 0 Å². The highest BCUT2D eigenvalue weighted by Crippen LogP contribution is 2.36. The maximum Gasteiger partial charge on any atom is 0.103 e. The van der Waals surface area contributed by atoms with E-state index in [9.17, 15) is 4.39 Å². The Bertz CT molecular complexity index is 251. The minimum Gasteiger partial charge on any atom is -0.247 e. The second kappa shape index (κ2) is 3.91. The highest BCUT2D eigenvalue weighted by atomic mass is 19.1. The Kier molecular flexibility index (Phi) is 2.62. The van der Waals surface area contributed by atoms with E-state index >= 15 is 0 Å². The lowest BCUT2D eigenvalue weighted by atomic mass is 10.1. The van der Waals surface area contributed by atoms with Crippen LogP contribution in [0.5, 0.6) is 0 Å². The molecule has 0 heterocycles. The molecule has 1 aromatic carbocycles. The quantitative estimate of drug-likeness (QED) is 0.663. The fraction of sp³-hybridized carbons (Fsp3) is 0.500. The molecule has 0 N–H and O–H groups in total. The molecule has 1 atom stereocenters. The van der Waals surface area contributed by atoms with Gasteiger partial charge in [0.1, 0.15) is 6.17 Å². The second-order valence-corrected chi connectivity index (χ2v) is 3.88. The van der Waals surface area contributed by atoms with Gasteiger partial charge in [0.25, 0.3) is 0 Å². The van der Waals surface area contributed by atoms with Crippen molar-refractivity contribution in [1.82, 2.24) is 0 Å². The van der Waals surface area contributed by atoms with Crippen molar-refractivity contribution in [3.63, 3.8) is 0 Å². The molecule has 0 aliphatic heterocycles. The van der Waals surface area contributed by atoms with E-state index in [1.165, 1.54) is 5.56 Å². The lowest BCUT2D eigenvalue weighted by molar-refractivity contribution is 0.280. The Morgan fingerprint density at radius 2 is 1.92 bits per heavy atom. The SMILES string of the molecule is FC(CCc1ccccc1)C1CC1. The summed E-state index contributed by atoms with van der Waals surface area (Å²) in [6.07, 6.45) is 3.25. The summed E-state index contributed by atoms with van der Waals surface area (Å²) in [5.74, 6) is 0.392. The minimum absolute atomic E-state index is 0.392. The van der Waals surface area contributed by atoms with Gasteiger partial charge in [0.15, 0.2) is 0 Å². The van der Waals surface area contributed by atoms with Crippen molar-refractivity contribution in [2.24, 2.45) is 5.92 Å². The van der Waals surface area contributed by atoms with Crippen LogP contribution in [0.1, 0.15) is 24.8 Å². The number of benzene rings is 1. The molecule has 70 valence electrons. The number of alkyl halides is 1. The summed E-state index contributed by atoms with van der Waals surface area (Å²) in [6, 6.07) is 10.2. The molecule has 13 heavy (non-hydrogen) atoms. The third-order valence-electron chi connectivity index (χ3n) is 2.69. The molecule has 2 rings (SSSR count). The van der Waals surface area contributed by atoms with Crippen molar-refractivity contribution in [1.29, 1.82) is 0 Å². The van der Waals surface area contributed by atoms with Crippen LogP contribution in [0.25, 0.3) is 0 Å². The van der Waals surface area contributed by atoms with E-state index in [-0.39, 0.29) is 0 Å². The number of aryl methyl sites for hydroxylation is 1. The number of rotatable bonds is 4. The van der Waals surface area contributed by atoms with E-state index in [0.29, 0.717) is 12.3 Å². The Balaban J connectivity index is 1.78. The van der Waals surface area contributed by atoms with Gasteiger partial charge in [0.05, 0.1) is 0 Å². The first-order chi connectivity index (χ1) is 6.36. The van der Waals surface area contributed by atoms with Gasteiger partial charge >= 0.3 is 0 Å². The second-order valence-electron chi connectivity index (χ2n) is 3.88. The fourth-order valence-electron chi connectivity index (χ4n) is 1.64. The molecule has 0 radical (unpaired) electrons. The van der Waals surface area contributed by atoms with E-state index in [2.05, 4.69) is 12.1 Å². The van der Waals surface area contributed by atoms with Crippen molar-refractivity contribution in [2.75, 3.05) is 0 Å². The molecule has 1 aromatic rings. The molecule has 0 aromatic heterocycles. The van der Waals surface area contributed by atoms with Gasteiger partial charge in [-0.25, -0.2) is 4.39 Å². The average Bonchev–Trinajstić information content (AvgIpc) is 2.99. The minimum atomic E-state index is -0.555. The van der Waals surface area contributed by atoms with Crippen LogP contribution in [0.15, 0.2) is 30.3 Å². The Morgan fingerprint density at radius 1 is 1.23 bits per heavy atom. The zero-order valence-electron chi connectivity index (χ0n) is 7.75. The molecular weight excluding hydrogens is 163 g/mol. The number of hydrogen-bond acceptors (Lipinski definition) is 0. The highest BCUT2D eigenvalue weighted by molar-refractivity contribution is 5.14. The predicted molar refractivity (Wildman–Crippen MR) is 52.4 cm³/mol. The zero-order chi connectivity index (χ0) is 9.10. The van der Waals surface area contributed by atoms with E-state index < -0.39 is 6.17 Å². The molecule has 0 amide bonds. The Labute approximate surface area is 78.8 Å². The summed E-state index contributed by atoms with van der Waals surface area (Å²) in [4.78, 5) is 0. The van der Waals surface area contributed by atoms with Gasteiger partial charge in [-0.2, -0.15) is 0 Å². The molecule has 0 nitrogen and oxygen atoms in total. The van der Waals surface area contributed by atoms with Gasteiger partial charge in [0, 0.05) is 0 Å². The van der Waals surface area contributed by atoms with Crippen molar-refractivity contribution >= 4 is 0 Å². The largest absolute Gasteiger partial charge is 0.247 e. The molecule has 0 bridgehead atoms. The van der Waals surface area contributed by atoms with Gasteiger partial charge in [-0.15, -0.1) is 0 Å². The molecule has 1 unspecified atom stereocenters. The molecule has 1 heteroatoms. The number of hydrogen-bond donors (Lipinski definition) is 0. The standard InChI is InChI=1S/C12H15F/c13-12(11-7-8-11)9-6-10-4-2-1-3-5-10/h1-5,11-12H,6-9H2. The van der Waals surface area contributed by atoms with Crippen LogP contribution in [0, 0.1) is 5.92 Å². The summed E-state index contributed by atoms with van der Waals surface area (Å²) in [6.45, 7) is 0. The summed E-state index contributed by atoms with van der Waals surface area (Å²) < 4.78 is 13.3. The predicted octanol–water partition coefficient (Wildman–Crippen LogP) is 3.37. The molecule has 1 aliphatic rings. The zero-order valence-corrected chi connectivity index (χ0v) is 7.75. The smallest absolute Gasteiger partial charge is 0.103 e. The van der Waals surface area contributed by atoms with Gasteiger partial charge < -0.3 is 0 Å². The first kappa shape index (κ1) is 8.74. The highest BCUT2D eigenvalue weighted by Gasteiger charge is 2.30. The van der Waals surface area contributed by atoms with Crippen molar-refractivity contribution in [3.8, 4) is 0 Å². The summed E-state index contributed by atoms with van der Waals surface area (Å²) in [5, 5.41) is 0. The van der Waals surface area contributed by atoms with Gasteiger partial charge in [-0.1, -0.05) is 30.3 Å². The lowest BCUT2D eigenvalue weighted by Gasteiger charge is -2.05. The fourth-order valence-corrected chi connectivity index (χ4v) is 1.64. The van der Waals surface area contributed by atoms with Gasteiger partial charge in [-0.3, -0.25) is 0 Å². The van der Waals surface area contributed by atoms with Crippen LogP contribution in [0.3, 0.4) is 0 Å². The molecule has 0 saturated heterocycles. The normalized spacial score (nSPS) is 18.5. The third-order valence-corrected chi connectivity index (χ3v) is 2.69. The van der Waals surface area contributed by atoms with Crippen LogP contribution < -0.4 is 0 Å². The molecule has 1 saturated carbocycles. The van der Waals surface area contributed by atoms with Crippen LogP contribution in [-0.2, 0) is 6.42 Å². The van der Waals surface area contributed by atoms with Crippen molar-refractivity contribution < 1.29 is 4.39 Å². The first-order valence-electron chi connectivity index (χ1n) is 5.04. The van der Waals surface area contributed by atoms with Crippen LogP contribution >= 0.6 is 0 Å². The van der Waals surface area contributed by atoms with Gasteiger partial charge in [0.2, 0.25) is 0 Å². The first-order valence-corrected chi connectivity index (χ1v) is 5.04. The van der Waals surface area contributed by atoms with Crippen LogP contribution in [0.2, 0.25) is 0 Å². The average molecular weight is 178 g/mol. The molecule has 1 aliphatic carbocycles. The van der Waals surface area contributed by atoms with Crippen molar-refractivity contribution in [2.45, 2.75) is 31.9 Å². The summed E-state index contributed by atoms with van der Waals surface area (Å²) in [5.41, 5.74) is 1.26. The Hall–Kier alpha value is -0.850. The van der Waals surface area contributed by atoms with Crippen LogP contribution in [0.4, 0.5) is 4.39 Å². The van der Waals surface area contributed by atoms with Gasteiger partial charge in [-0.05, 0) is 37.2 Å². The lowest BCUT2D eigenvalue weighted by Crippen LogP contribution is -2.04. The maximum absolute atomic E-state index is 13.3. The van der Waals surface area contributed by atoms with Crippen LogP contribution in [-0.4, -0.2) is 6.17 Å². The third kappa shape index (κ3) is 2.55. The Morgan fingerprint density at radius 3 is 2.54 bits per heavy atom. The van der Waals surface area contributed by atoms with Crippen molar-refractivity contribution in [3.05, 3.63) is 35.9 Å². The van der Waals surface area contributed by atoms with E-state index in [0.717, 1.165) is 19.3 Å². The molecular formula is C12H15F. The van der Waals surface area contributed by atoms with E-state index in [1.807, 2.05) is 18.2 Å². The van der Waals surface area contributed by atoms with E-state index in [1.54, 1.807) is 0 Å². The molecule has 0 spiro atoms. The topological polar surface area (TPSA) is 0 Å². The number of halogens is 1. The maximum atomic E-state index is 13.3. The monoisotopic (exact) mass is 178 g/mol. The summed E-state index contributed by atoms with van der Waals surface area (Å²) in [7, 11) is 0. The molecule has 1 fully saturated rings. The summed E-state index contributed by atoms with van der Waals surface area (Å²) >= 11 is 0.